The van der Waals surface area contributed by atoms with Crippen molar-refractivity contribution in [1.82, 2.24) is 25.2 Å². The van der Waals surface area contributed by atoms with Crippen molar-refractivity contribution < 1.29 is 14.3 Å². The third kappa shape index (κ3) is 4.57. The molecule has 1 aliphatic heterocycles. The van der Waals surface area contributed by atoms with E-state index in [4.69, 9.17) is 4.74 Å². The van der Waals surface area contributed by atoms with E-state index in [1.54, 1.807) is 0 Å². The summed E-state index contributed by atoms with van der Waals surface area (Å²) in [6.45, 7) is 1.83. The molecule has 1 aliphatic rings. The van der Waals surface area contributed by atoms with Gasteiger partial charge in [-0.1, -0.05) is 60.2 Å². The molecule has 3 aromatic rings. The Hall–Kier alpha value is -3.88. The first-order chi connectivity index (χ1) is 14.6. The summed E-state index contributed by atoms with van der Waals surface area (Å²) in [6.07, 6.45) is 0.661. The smallest absolute Gasteiger partial charge is 0.330 e. The van der Waals surface area contributed by atoms with E-state index in [0.717, 1.165) is 27.2 Å². The van der Waals surface area contributed by atoms with Gasteiger partial charge < -0.3 is 4.74 Å². The molecule has 0 radical (unpaired) electrons. The van der Waals surface area contributed by atoms with Crippen molar-refractivity contribution in [3.05, 3.63) is 65.7 Å². The number of rotatable bonds is 6. The van der Waals surface area contributed by atoms with Crippen LogP contribution in [0, 0.1) is 6.92 Å². The highest BCUT2D eigenvalue weighted by Crippen LogP contribution is 2.15. The average molecular weight is 404 g/mol. The molecule has 2 heterocycles. The second-order valence-corrected chi connectivity index (χ2v) is 6.85. The largest absolute Gasteiger partial charge is 0.454 e. The average Bonchev–Trinajstić information content (AvgIpc) is 3.43. The maximum absolute atomic E-state index is 12.3. The Morgan fingerprint density at radius 3 is 2.57 bits per heavy atom. The van der Waals surface area contributed by atoms with Gasteiger partial charge in [-0.05, 0) is 17.7 Å². The summed E-state index contributed by atoms with van der Waals surface area (Å²) in [7, 11) is 0. The van der Waals surface area contributed by atoms with Crippen molar-refractivity contribution in [3.63, 3.8) is 0 Å². The zero-order chi connectivity index (χ0) is 20.9. The predicted molar refractivity (Wildman–Crippen MR) is 108 cm³/mol. The molecule has 9 heteroatoms. The number of amides is 1. The minimum Gasteiger partial charge on any atom is -0.454 e. The first-order valence-corrected chi connectivity index (χ1v) is 9.52. The minimum atomic E-state index is -0.623. The lowest BCUT2D eigenvalue weighted by molar-refractivity contribution is -0.152. The van der Waals surface area contributed by atoms with Gasteiger partial charge in [-0.2, -0.15) is 9.90 Å². The van der Waals surface area contributed by atoms with Crippen LogP contribution in [0.15, 0.2) is 59.7 Å². The number of benzene rings is 2. The van der Waals surface area contributed by atoms with Crippen molar-refractivity contribution in [3.8, 4) is 11.4 Å². The van der Waals surface area contributed by atoms with E-state index >= 15 is 0 Å². The van der Waals surface area contributed by atoms with E-state index in [1.165, 1.54) is 5.01 Å². The molecule has 0 bridgehead atoms. The quantitative estimate of drug-likeness (QED) is 0.581. The number of hydrogen-bond acceptors (Lipinski definition) is 7. The Bertz CT molecular complexity index is 1080. The number of carbonyl (C=O) groups is 2. The molecule has 2 aromatic carbocycles. The molecule has 4 rings (SSSR count). The summed E-state index contributed by atoms with van der Waals surface area (Å²) >= 11 is 0. The Morgan fingerprint density at radius 2 is 1.80 bits per heavy atom. The standard InChI is InChI=1S/C21H20N6O3/c1-15-7-9-17(10-8-15)21-22-25-27(24-21)13-20(29)30-14-19(28)26-12-11-18(23-26)16-5-3-2-4-6-16/h2-10H,11-14H2,1H3. The molecule has 1 amide bonds. The van der Waals surface area contributed by atoms with Crippen LogP contribution in [0.4, 0.5) is 0 Å². The molecule has 0 saturated carbocycles. The van der Waals surface area contributed by atoms with Crippen molar-refractivity contribution in [2.75, 3.05) is 13.2 Å². The fourth-order valence-electron chi connectivity index (χ4n) is 2.98. The van der Waals surface area contributed by atoms with Gasteiger partial charge in [-0.3, -0.25) is 4.79 Å². The van der Waals surface area contributed by atoms with Gasteiger partial charge in [0.1, 0.15) is 0 Å². The molecular weight excluding hydrogens is 384 g/mol. The van der Waals surface area contributed by atoms with Crippen LogP contribution in [-0.4, -0.2) is 56.0 Å². The van der Waals surface area contributed by atoms with Crippen LogP contribution >= 0.6 is 0 Å². The van der Waals surface area contributed by atoms with Crippen molar-refractivity contribution in [1.29, 1.82) is 0 Å². The zero-order valence-corrected chi connectivity index (χ0v) is 16.4. The van der Waals surface area contributed by atoms with E-state index in [-0.39, 0.29) is 19.1 Å². The number of aromatic nitrogens is 4. The highest BCUT2D eigenvalue weighted by molar-refractivity contribution is 6.02. The van der Waals surface area contributed by atoms with Crippen LogP contribution in [0.3, 0.4) is 0 Å². The summed E-state index contributed by atoms with van der Waals surface area (Å²) in [4.78, 5) is 25.5. The van der Waals surface area contributed by atoms with Gasteiger partial charge in [0.2, 0.25) is 5.82 Å². The monoisotopic (exact) mass is 404 g/mol. The number of hydrazone groups is 1. The molecule has 1 aromatic heterocycles. The number of esters is 1. The van der Waals surface area contributed by atoms with Gasteiger partial charge in [0.25, 0.3) is 5.91 Å². The zero-order valence-electron chi connectivity index (χ0n) is 16.4. The molecule has 152 valence electrons. The molecular formula is C21H20N6O3. The van der Waals surface area contributed by atoms with Gasteiger partial charge in [0.15, 0.2) is 13.2 Å². The molecule has 0 unspecified atom stereocenters. The van der Waals surface area contributed by atoms with Crippen LogP contribution in [0.25, 0.3) is 11.4 Å². The lowest BCUT2D eigenvalue weighted by Gasteiger charge is -2.11. The highest BCUT2D eigenvalue weighted by Gasteiger charge is 2.22. The maximum atomic E-state index is 12.3. The van der Waals surface area contributed by atoms with Gasteiger partial charge in [-0.15, -0.1) is 10.2 Å². The Labute approximate surface area is 173 Å². The first-order valence-electron chi connectivity index (χ1n) is 9.52. The van der Waals surface area contributed by atoms with E-state index in [1.807, 2.05) is 61.5 Å². The lowest BCUT2D eigenvalue weighted by atomic mass is 10.1. The highest BCUT2D eigenvalue weighted by atomic mass is 16.5. The van der Waals surface area contributed by atoms with Crippen molar-refractivity contribution >= 4 is 17.6 Å². The topological polar surface area (TPSA) is 103 Å². The molecule has 30 heavy (non-hydrogen) atoms. The fraction of sp³-hybridized carbons (Fsp3) is 0.238. The Morgan fingerprint density at radius 1 is 1.03 bits per heavy atom. The van der Waals surface area contributed by atoms with E-state index in [0.29, 0.717) is 18.8 Å². The van der Waals surface area contributed by atoms with Crippen molar-refractivity contribution in [2.24, 2.45) is 5.10 Å². The number of hydrogen-bond donors (Lipinski definition) is 0. The normalized spacial score (nSPS) is 13.2. The van der Waals surface area contributed by atoms with E-state index in [9.17, 15) is 9.59 Å². The Balaban J connectivity index is 1.28. The molecule has 0 N–H and O–H groups in total. The van der Waals surface area contributed by atoms with E-state index in [2.05, 4.69) is 20.5 Å². The number of tetrazole rings is 1. The van der Waals surface area contributed by atoms with Crippen LogP contribution in [0.5, 0.6) is 0 Å². The summed E-state index contributed by atoms with van der Waals surface area (Å²) in [6, 6.07) is 17.3. The molecule has 0 atom stereocenters. The van der Waals surface area contributed by atoms with Crippen LogP contribution < -0.4 is 0 Å². The van der Waals surface area contributed by atoms with Crippen LogP contribution in [0.1, 0.15) is 17.5 Å². The van der Waals surface area contributed by atoms with Crippen molar-refractivity contribution in [2.45, 2.75) is 19.9 Å². The van der Waals surface area contributed by atoms with Gasteiger partial charge in [0, 0.05) is 12.0 Å². The molecule has 0 aliphatic carbocycles. The fourth-order valence-corrected chi connectivity index (χ4v) is 2.98. The SMILES string of the molecule is Cc1ccc(-c2nnn(CC(=O)OCC(=O)N3CCC(c4ccccc4)=N3)n2)cc1. The molecule has 0 saturated heterocycles. The molecule has 9 nitrogen and oxygen atoms in total. The van der Waals surface area contributed by atoms with Gasteiger partial charge in [0.05, 0.1) is 12.3 Å². The first kappa shape index (κ1) is 19.4. The summed E-state index contributed by atoms with van der Waals surface area (Å²) < 4.78 is 5.06. The number of carbonyl (C=O) groups excluding carboxylic acids is 2. The third-order valence-corrected chi connectivity index (χ3v) is 4.59. The summed E-state index contributed by atoms with van der Waals surface area (Å²) in [5.74, 6) is -0.581. The second-order valence-electron chi connectivity index (χ2n) is 6.85. The van der Waals surface area contributed by atoms with Crippen LogP contribution in [0.2, 0.25) is 0 Å². The van der Waals surface area contributed by atoms with Gasteiger partial charge in [-0.25, -0.2) is 9.80 Å². The predicted octanol–water partition coefficient (Wildman–Crippen LogP) is 1.83. The molecule has 0 spiro atoms. The summed E-state index contributed by atoms with van der Waals surface area (Å²) in [5.41, 5.74) is 3.74. The Kier molecular flexibility index (Phi) is 5.60. The van der Waals surface area contributed by atoms with Gasteiger partial charge >= 0.3 is 5.97 Å². The number of nitrogens with zero attached hydrogens (tertiary/aromatic N) is 6. The number of ether oxygens (including phenoxy) is 1. The third-order valence-electron chi connectivity index (χ3n) is 4.59. The van der Waals surface area contributed by atoms with E-state index < -0.39 is 5.97 Å². The minimum absolute atomic E-state index is 0.231. The number of aryl methyl sites for hydroxylation is 1. The molecule has 0 fully saturated rings. The van der Waals surface area contributed by atoms with Crippen LogP contribution in [-0.2, 0) is 20.9 Å². The summed E-state index contributed by atoms with van der Waals surface area (Å²) in [5, 5.41) is 17.6. The lowest BCUT2D eigenvalue weighted by Crippen LogP contribution is -2.29. The maximum Gasteiger partial charge on any atom is 0.330 e. The second kappa shape index (κ2) is 8.64.